The van der Waals surface area contributed by atoms with Crippen molar-refractivity contribution in [2.45, 2.75) is 64.8 Å². The van der Waals surface area contributed by atoms with E-state index in [2.05, 4.69) is 53.4 Å². The van der Waals surface area contributed by atoms with Crippen LogP contribution in [-0.4, -0.2) is 20.6 Å². The second-order valence-corrected chi connectivity index (χ2v) is 18.3. The molecule has 1 fully saturated rings. The number of hydrogen-bond donors (Lipinski definition) is 0. The highest BCUT2D eigenvalue weighted by molar-refractivity contribution is 7.78. The first-order valence-electron chi connectivity index (χ1n) is 11.7. The summed E-state index contributed by atoms with van der Waals surface area (Å²) in [6.45, 7) is 18.1. The van der Waals surface area contributed by atoms with Gasteiger partial charge in [-0.15, -0.1) is 0 Å². The fourth-order valence-electron chi connectivity index (χ4n) is 4.07. The summed E-state index contributed by atoms with van der Waals surface area (Å²) in [5, 5.41) is 2.00. The van der Waals surface area contributed by atoms with Crippen LogP contribution in [0, 0.1) is 5.92 Å². The molecule has 0 bridgehead atoms. The van der Waals surface area contributed by atoms with Gasteiger partial charge in [-0.25, -0.2) is 0 Å². The third-order valence-corrected chi connectivity index (χ3v) is 14.7. The Kier molecular flexibility index (Phi) is 7.54. The summed E-state index contributed by atoms with van der Waals surface area (Å²) < 4.78 is 21.1. The van der Waals surface area contributed by atoms with Crippen LogP contribution in [0.15, 0.2) is 84.5 Å². The van der Waals surface area contributed by atoms with Gasteiger partial charge in [0, 0.05) is 16.8 Å². The van der Waals surface area contributed by atoms with Gasteiger partial charge in [0.15, 0.2) is 8.32 Å². The minimum atomic E-state index is -2.74. The summed E-state index contributed by atoms with van der Waals surface area (Å²) in [7, 11) is -4.64. The highest BCUT2D eigenvalue weighted by Gasteiger charge is 2.41. The van der Waals surface area contributed by atoms with Crippen LogP contribution in [0.25, 0.3) is 0 Å². The number of benzene rings is 2. The highest BCUT2D eigenvalue weighted by atomic mass is 31.2. The van der Waals surface area contributed by atoms with Gasteiger partial charge in [-0.2, -0.15) is 0 Å². The Balaban J connectivity index is 1.89. The van der Waals surface area contributed by atoms with E-state index in [0.29, 0.717) is 12.1 Å². The van der Waals surface area contributed by atoms with Gasteiger partial charge in [0.25, 0.3) is 0 Å². The minimum Gasteiger partial charge on any atom is -0.410 e. The van der Waals surface area contributed by atoms with E-state index in [9.17, 15) is 4.57 Å². The zero-order valence-electron chi connectivity index (χ0n) is 20.6. The van der Waals surface area contributed by atoms with Gasteiger partial charge in [0.2, 0.25) is 0 Å². The van der Waals surface area contributed by atoms with E-state index in [1.165, 1.54) is 11.1 Å². The molecule has 1 saturated carbocycles. The summed E-state index contributed by atoms with van der Waals surface area (Å²) in [6.07, 6.45) is 4.67. The quantitative estimate of drug-likeness (QED) is 0.254. The monoisotopic (exact) mass is 466 g/mol. The van der Waals surface area contributed by atoms with Crippen molar-refractivity contribution in [3.05, 3.63) is 84.5 Å². The minimum absolute atomic E-state index is 0.0544. The summed E-state index contributed by atoms with van der Waals surface area (Å²) in [5.74, 6) is 0.373. The first-order chi connectivity index (χ1) is 14.9. The average Bonchev–Trinajstić information content (AvgIpc) is 2.75. The molecular weight excluding hydrogens is 427 g/mol. The molecule has 1 aliphatic carbocycles. The SMILES string of the molecule is C=C1[C@H](C)C/C(=C/CP(=O)(c2ccccc2)c2ccccc2)C[C@H]1O[Si](C)(C)C(C)(C)C. The molecule has 2 nitrogen and oxygen atoms in total. The second kappa shape index (κ2) is 9.67. The van der Waals surface area contributed by atoms with Crippen molar-refractivity contribution in [2.24, 2.45) is 5.92 Å². The number of allylic oxidation sites excluding steroid dienone is 1. The van der Waals surface area contributed by atoms with Crippen LogP contribution < -0.4 is 10.6 Å². The lowest BCUT2D eigenvalue weighted by molar-refractivity contribution is 0.189. The third kappa shape index (κ3) is 5.45. The lowest BCUT2D eigenvalue weighted by Gasteiger charge is -2.42. The number of hydrogen-bond acceptors (Lipinski definition) is 2. The lowest BCUT2D eigenvalue weighted by atomic mass is 9.81. The molecule has 2 aromatic carbocycles. The molecule has 3 rings (SSSR count). The van der Waals surface area contributed by atoms with E-state index >= 15 is 0 Å². The summed E-state index contributed by atoms with van der Waals surface area (Å²) >= 11 is 0. The molecule has 0 amide bonds. The Hall–Kier alpha value is -1.67. The van der Waals surface area contributed by atoms with Gasteiger partial charge in [0.05, 0.1) is 6.10 Å². The van der Waals surface area contributed by atoms with Crippen molar-refractivity contribution in [1.29, 1.82) is 0 Å². The molecular formula is C28H39O2PSi. The fourth-order valence-corrected chi connectivity index (χ4v) is 7.91. The van der Waals surface area contributed by atoms with E-state index < -0.39 is 15.5 Å². The maximum atomic E-state index is 14.4. The Morgan fingerprint density at radius 3 is 1.97 bits per heavy atom. The van der Waals surface area contributed by atoms with Gasteiger partial charge in [-0.3, -0.25) is 0 Å². The zero-order chi connectivity index (χ0) is 23.6. The molecule has 2 aromatic rings. The van der Waals surface area contributed by atoms with Crippen LogP contribution in [-0.2, 0) is 8.99 Å². The molecule has 32 heavy (non-hydrogen) atoms. The Morgan fingerprint density at radius 1 is 1.00 bits per heavy atom. The Morgan fingerprint density at radius 2 is 1.50 bits per heavy atom. The van der Waals surface area contributed by atoms with Crippen molar-refractivity contribution >= 4 is 26.1 Å². The van der Waals surface area contributed by atoms with Crippen molar-refractivity contribution in [3.8, 4) is 0 Å². The second-order valence-electron chi connectivity index (χ2n) is 10.7. The molecule has 0 spiro atoms. The van der Waals surface area contributed by atoms with Gasteiger partial charge in [-0.1, -0.05) is 107 Å². The predicted octanol–water partition coefficient (Wildman–Crippen LogP) is 7.30. The van der Waals surface area contributed by atoms with E-state index in [0.717, 1.165) is 23.5 Å². The first-order valence-corrected chi connectivity index (χ1v) is 16.5. The molecule has 4 heteroatoms. The van der Waals surface area contributed by atoms with Crippen LogP contribution >= 0.6 is 7.14 Å². The summed E-state index contributed by atoms with van der Waals surface area (Å²) in [6, 6.07) is 19.9. The molecule has 1 aliphatic rings. The van der Waals surface area contributed by atoms with Gasteiger partial charge < -0.3 is 8.99 Å². The number of rotatable bonds is 6. The highest BCUT2D eigenvalue weighted by Crippen LogP contribution is 2.46. The molecule has 0 saturated heterocycles. The summed E-state index contributed by atoms with van der Waals surface area (Å²) in [4.78, 5) is 0. The topological polar surface area (TPSA) is 26.3 Å². The third-order valence-electron chi connectivity index (χ3n) is 7.29. The Labute approximate surface area is 196 Å². The van der Waals surface area contributed by atoms with E-state index in [1.54, 1.807) is 0 Å². The molecule has 0 unspecified atom stereocenters. The molecule has 0 N–H and O–H groups in total. The normalized spacial score (nSPS) is 21.7. The smallest absolute Gasteiger partial charge is 0.192 e. The zero-order valence-corrected chi connectivity index (χ0v) is 22.5. The van der Waals surface area contributed by atoms with Crippen LogP contribution in [0.1, 0.15) is 40.5 Å². The van der Waals surface area contributed by atoms with Crippen molar-refractivity contribution in [3.63, 3.8) is 0 Å². The summed E-state index contributed by atoms with van der Waals surface area (Å²) in [5.41, 5.74) is 2.56. The van der Waals surface area contributed by atoms with Crippen molar-refractivity contribution < 1.29 is 8.99 Å². The molecule has 172 valence electrons. The van der Waals surface area contributed by atoms with Crippen molar-refractivity contribution in [1.82, 2.24) is 0 Å². The van der Waals surface area contributed by atoms with Gasteiger partial charge in [0.1, 0.15) is 7.14 Å². The van der Waals surface area contributed by atoms with Gasteiger partial charge in [-0.05, 0) is 42.5 Å². The molecule has 0 heterocycles. The maximum Gasteiger partial charge on any atom is 0.192 e. The molecule has 0 aliphatic heterocycles. The predicted molar refractivity (Wildman–Crippen MR) is 142 cm³/mol. The fraction of sp³-hybridized carbons (Fsp3) is 0.429. The largest absolute Gasteiger partial charge is 0.410 e. The van der Waals surface area contributed by atoms with Crippen LogP contribution in [0.2, 0.25) is 18.1 Å². The first kappa shape index (κ1) is 25.0. The lowest BCUT2D eigenvalue weighted by Crippen LogP contribution is -2.45. The van der Waals surface area contributed by atoms with Crippen LogP contribution in [0.4, 0.5) is 0 Å². The standard InChI is InChI=1S/C28H39O2PSi/c1-22-20-24(21-27(23(22)2)30-32(6,7)28(3,4)5)18-19-31(29,25-14-10-8-11-15-25)26-16-12-9-13-17-26/h8-18,22,27H,2,19-21H2,1,3-7H3/b24-18-/t22-,27-/m1/s1. The van der Waals surface area contributed by atoms with E-state index in [-0.39, 0.29) is 11.1 Å². The van der Waals surface area contributed by atoms with E-state index in [1.807, 2.05) is 60.7 Å². The molecule has 0 aromatic heterocycles. The van der Waals surface area contributed by atoms with Crippen molar-refractivity contribution in [2.75, 3.05) is 6.16 Å². The van der Waals surface area contributed by atoms with Crippen LogP contribution in [0.3, 0.4) is 0 Å². The Bertz CT molecular complexity index is 959. The van der Waals surface area contributed by atoms with Crippen LogP contribution in [0.5, 0.6) is 0 Å². The van der Waals surface area contributed by atoms with Gasteiger partial charge >= 0.3 is 0 Å². The molecule has 0 radical (unpaired) electrons. The molecule has 2 atom stereocenters. The van der Waals surface area contributed by atoms with E-state index in [4.69, 9.17) is 4.43 Å². The maximum absolute atomic E-state index is 14.4. The average molecular weight is 467 g/mol.